The number of ether oxygens (including phenoxy) is 1. The van der Waals surface area contributed by atoms with Crippen molar-refractivity contribution in [3.8, 4) is 5.88 Å². The lowest BCUT2D eigenvalue weighted by molar-refractivity contribution is 0.0975. The molecule has 2 aromatic heterocycles. The number of hydrogen-bond donors (Lipinski definition) is 0. The van der Waals surface area contributed by atoms with E-state index in [2.05, 4.69) is 10.1 Å². The first-order valence-corrected chi connectivity index (χ1v) is 6.63. The molecular weight excluding hydrogens is 256 g/mol. The van der Waals surface area contributed by atoms with Crippen molar-refractivity contribution in [3.63, 3.8) is 0 Å². The van der Waals surface area contributed by atoms with Crippen LogP contribution < -0.4 is 9.64 Å². The SMILES string of the molecule is CCn1cc(C(=O)N2CCOc3ncc(C)cc32)cn1. The Kier molecular flexibility index (Phi) is 3.14. The van der Waals surface area contributed by atoms with Crippen molar-refractivity contribution in [1.82, 2.24) is 14.8 Å². The molecule has 0 N–H and O–H groups in total. The second kappa shape index (κ2) is 4.96. The average Bonchev–Trinajstić information content (AvgIpc) is 2.94. The number of carbonyl (C=O) groups excluding carboxylic acids is 1. The van der Waals surface area contributed by atoms with Gasteiger partial charge < -0.3 is 4.74 Å². The van der Waals surface area contributed by atoms with Crippen LogP contribution in [0.15, 0.2) is 24.7 Å². The predicted octanol–water partition coefficient (Wildman–Crippen LogP) is 1.65. The highest BCUT2D eigenvalue weighted by Gasteiger charge is 2.26. The van der Waals surface area contributed by atoms with E-state index in [0.717, 1.165) is 17.8 Å². The zero-order valence-electron chi connectivity index (χ0n) is 11.5. The standard InChI is InChI=1S/C14H16N4O2/c1-3-17-9-11(8-16-17)14(19)18-4-5-20-13-12(18)6-10(2)7-15-13/h6-9H,3-5H2,1-2H3. The van der Waals surface area contributed by atoms with Crippen LogP contribution in [-0.2, 0) is 6.54 Å². The monoisotopic (exact) mass is 272 g/mol. The molecule has 0 aliphatic carbocycles. The minimum Gasteiger partial charge on any atom is -0.474 e. The maximum atomic E-state index is 12.6. The van der Waals surface area contributed by atoms with Gasteiger partial charge in [0.05, 0.1) is 18.3 Å². The highest BCUT2D eigenvalue weighted by molar-refractivity contribution is 6.06. The van der Waals surface area contributed by atoms with E-state index >= 15 is 0 Å². The van der Waals surface area contributed by atoms with Crippen molar-refractivity contribution in [3.05, 3.63) is 35.8 Å². The van der Waals surface area contributed by atoms with Gasteiger partial charge in [-0.3, -0.25) is 14.4 Å². The molecule has 6 heteroatoms. The van der Waals surface area contributed by atoms with Gasteiger partial charge in [-0.1, -0.05) is 0 Å². The van der Waals surface area contributed by atoms with Crippen molar-refractivity contribution in [1.29, 1.82) is 0 Å². The van der Waals surface area contributed by atoms with Gasteiger partial charge in [-0.2, -0.15) is 5.10 Å². The molecule has 0 atom stereocenters. The average molecular weight is 272 g/mol. The largest absolute Gasteiger partial charge is 0.474 e. The Morgan fingerprint density at radius 1 is 1.45 bits per heavy atom. The smallest absolute Gasteiger partial charge is 0.261 e. The van der Waals surface area contributed by atoms with E-state index in [1.165, 1.54) is 0 Å². The second-order valence-corrected chi connectivity index (χ2v) is 4.73. The molecule has 3 heterocycles. The van der Waals surface area contributed by atoms with Gasteiger partial charge in [-0.15, -0.1) is 0 Å². The molecule has 104 valence electrons. The van der Waals surface area contributed by atoms with Crippen LogP contribution in [-0.4, -0.2) is 33.8 Å². The van der Waals surface area contributed by atoms with E-state index in [0.29, 0.717) is 24.6 Å². The summed E-state index contributed by atoms with van der Waals surface area (Å²) in [5, 5.41) is 4.15. The quantitative estimate of drug-likeness (QED) is 0.834. The summed E-state index contributed by atoms with van der Waals surface area (Å²) in [5.41, 5.74) is 2.31. The summed E-state index contributed by atoms with van der Waals surface area (Å²) >= 11 is 0. The van der Waals surface area contributed by atoms with Gasteiger partial charge in [0.1, 0.15) is 12.3 Å². The van der Waals surface area contributed by atoms with E-state index in [-0.39, 0.29) is 5.91 Å². The van der Waals surface area contributed by atoms with Gasteiger partial charge in [-0.05, 0) is 25.5 Å². The Morgan fingerprint density at radius 2 is 2.30 bits per heavy atom. The third kappa shape index (κ3) is 2.13. The molecule has 2 aromatic rings. The molecule has 3 rings (SSSR count). The summed E-state index contributed by atoms with van der Waals surface area (Å²) in [6.07, 6.45) is 5.10. The molecule has 1 aliphatic heterocycles. The van der Waals surface area contributed by atoms with Gasteiger partial charge >= 0.3 is 0 Å². The molecule has 0 bridgehead atoms. The molecule has 0 unspecified atom stereocenters. The number of amides is 1. The van der Waals surface area contributed by atoms with Crippen molar-refractivity contribution >= 4 is 11.6 Å². The third-order valence-corrected chi connectivity index (χ3v) is 3.26. The van der Waals surface area contributed by atoms with Crippen molar-refractivity contribution in [2.24, 2.45) is 0 Å². The summed E-state index contributed by atoms with van der Waals surface area (Å²) in [6.45, 7) is 5.65. The molecule has 6 nitrogen and oxygen atoms in total. The highest BCUT2D eigenvalue weighted by Crippen LogP contribution is 2.30. The van der Waals surface area contributed by atoms with Gasteiger partial charge in [0.25, 0.3) is 5.91 Å². The van der Waals surface area contributed by atoms with E-state index in [9.17, 15) is 4.79 Å². The fourth-order valence-corrected chi connectivity index (χ4v) is 2.21. The Bertz CT molecular complexity index is 650. The molecule has 1 amide bonds. The number of nitrogens with zero attached hydrogens (tertiary/aromatic N) is 4. The Balaban J connectivity index is 1.95. The number of fused-ring (bicyclic) bond motifs is 1. The summed E-state index contributed by atoms with van der Waals surface area (Å²) in [5.74, 6) is 0.444. The van der Waals surface area contributed by atoms with Crippen LogP contribution in [0.1, 0.15) is 22.8 Å². The highest BCUT2D eigenvalue weighted by atomic mass is 16.5. The summed E-state index contributed by atoms with van der Waals surface area (Å²) in [7, 11) is 0. The topological polar surface area (TPSA) is 60.2 Å². The molecule has 1 aliphatic rings. The van der Waals surface area contributed by atoms with Gasteiger partial charge in [-0.25, -0.2) is 4.98 Å². The first-order chi connectivity index (χ1) is 9.69. The molecule has 0 fully saturated rings. The maximum absolute atomic E-state index is 12.6. The van der Waals surface area contributed by atoms with E-state index < -0.39 is 0 Å². The molecular formula is C14H16N4O2. The number of anilines is 1. The maximum Gasteiger partial charge on any atom is 0.261 e. The lowest BCUT2D eigenvalue weighted by atomic mass is 10.2. The molecule has 20 heavy (non-hydrogen) atoms. The number of pyridine rings is 1. The zero-order chi connectivity index (χ0) is 14.1. The van der Waals surface area contributed by atoms with Crippen LogP contribution in [0.2, 0.25) is 0 Å². The number of rotatable bonds is 2. The van der Waals surface area contributed by atoms with E-state index in [4.69, 9.17) is 4.74 Å². The minimum atomic E-state index is -0.0679. The van der Waals surface area contributed by atoms with Crippen LogP contribution in [0, 0.1) is 6.92 Å². The summed E-state index contributed by atoms with van der Waals surface area (Å²) in [4.78, 5) is 18.5. The molecule has 0 saturated carbocycles. The molecule has 0 radical (unpaired) electrons. The van der Waals surface area contributed by atoms with E-state index in [1.54, 1.807) is 28.2 Å². The van der Waals surface area contributed by atoms with Crippen LogP contribution in [0.5, 0.6) is 5.88 Å². The Labute approximate surface area is 117 Å². The second-order valence-electron chi connectivity index (χ2n) is 4.73. The third-order valence-electron chi connectivity index (χ3n) is 3.26. The molecule has 0 aromatic carbocycles. The molecule has 0 spiro atoms. The number of aromatic nitrogens is 3. The number of aryl methyl sites for hydroxylation is 2. The Morgan fingerprint density at radius 3 is 3.05 bits per heavy atom. The minimum absolute atomic E-state index is 0.0679. The van der Waals surface area contributed by atoms with Crippen molar-refractivity contribution < 1.29 is 9.53 Å². The normalized spacial score (nSPS) is 13.8. The summed E-state index contributed by atoms with van der Waals surface area (Å²) in [6, 6.07) is 1.92. The van der Waals surface area contributed by atoms with Gasteiger partial charge in [0.2, 0.25) is 5.88 Å². The van der Waals surface area contributed by atoms with Crippen LogP contribution in [0.4, 0.5) is 5.69 Å². The lowest BCUT2D eigenvalue weighted by Gasteiger charge is -2.28. The van der Waals surface area contributed by atoms with Crippen LogP contribution >= 0.6 is 0 Å². The van der Waals surface area contributed by atoms with Gasteiger partial charge in [0, 0.05) is 18.9 Å². The van der Waals surface area contributed by atoms with Crippen molar-refractivity contribution in [2.45, 2.75) is 20.4 Å². The zero-order valence-corrected chi connectivity index (χ0v) is 11.5. The van der Waals surface area contributed by atoms with Crippen LogP contribution in [0.3, 0.4) is 0 Å². The first-order valence-electron chi connectivity index (χ1n) is 6.63. The fraction of sp³-hybridized carbons (Fsp3) is 0.357. The lowest BCUT2D eigenvalue weighted by Crippen LogP contribution is -2.38. The van der Waals surface area contributed by atoms with E-state index in [1.807, 2.05) is 19.9 Å². The Hall–Kier alpha value is -2.37. The molecule has 0 saturated heterocycles. The number of hydrogen-bond acceptors (Lipinski definition) is 4. The summed E-state index contributed by atoms with van der Waals surface area (Å²) < 4.78 is 7.23. The predicted molar refractivity (Wildman–Crippen MR) is 74.0 cm³/mol. The first kappa shape index (κ1) is 12.7. The fourth-order valence-electron chi connectivity index (χ4n) is 2.21. The number of carbonyl (C=O) groups is 1. The van der Waals surface area contributed by atoms with Crippen molar-refractivity contribution in [2.75, 3.05) is 18.1 Å². The van der Waals surface area contributed by atoms with Crippen LogP contribution in [0.25, 0.3) is 0 Å². The van der Waals surface area contributed by atoms with Gasteiger partial charge in [0.15, 0.2) is 0 Å².